The van der Waals surface area contributed by atoms with Crippen LogP contribution in [0.4, 0.5) is 0 Å². The number of methoxy groups -OCH3 is 1. The number of sulfonamides is 1. The lowest BCUT2D eigenvalue weighted by Crippen LogP contribution is -2.50. The van der Waals surface area contributed by atoms with E-state index in [9.17, 15) is 16.8 Å². The van der Waals surface area contributed by atoms with Crippen LogP contribution in [-0.2, 0) is 19.9 Å². The summed E-state index contributed by atoms with van der Waals surface area (Å²) in [6, 6.07) is 4.53. The normalized spacial score (nSPS) is 26.2. The minimum atomic E-state index is -3.36. The number of hydrogen-bond donors (Lipinski definition) is 0. The van der Waals surface area contributed by atoms with Gasteiger partial charge in [0, 0.05) is 31.0 Å². The van der Waals surface area contributed by atoms with Crippen LogP contribution in [0.3, 0.4) is 0 Å². The highest BCUT2D eigenvalue weighted by Gasteiger charge is 2.52. The maximum atomic E-state index is 12.9. The molecule has 1 unspecified atom stereocenters. The molecular formula is C25H31N3O7S2. The number of piperidine rings is 1. The summed E-state index contributed by atoms with van der Waals surface area (Å²) < 4.78 is 70.5. The van der Waals surface area contributed by atoms with Crippen molar-refractivity contribution in [2.24, 2.45) is 0 Å². The lowest BCUT2D eigenvalue weighted by atomic mass is 10.0. The Hall–Kier alpha value is -2.44. The van der Waals surface area contributed by atoms with Crippen LogP contribution in [-0.4, -0.2) is 66.9 Å². The minimum Gasteiger partial charge on any atom is -0.493 e. The molecule has 10 nitrogen and oxygen atoms in total. The van der Waals surface area contributed by atoms with Gasteiger partial charge in [0.25, 0.3) is 0 Å². The Balaban J connectivity index is 1.18. The van der Waals surface area contributed by atoms with Crippen LogP contribution in [0.25, 0.3) is 0 Å². The lowest BCUT2D eigenvalue weighted by molar-refractivity contribution is 0.0906. The van der Waals surface area contributed by atoms with E-state index in [1.807, 2.05) is 0 Å². The molecule has 2 aliphatic heterocycles. The van der Waals surface area contributed by atoms with Gasteiger partial charge in [-0.05, 0) is 57.6 Å². The summed E-state index contributed by atoms with van der Waals surface area (Å²) in [7, 11) is -5.11. The van der Waals surface area contributed by atoms with Gasteiger partial charge in [0.15, 0.2) is 21.3 Å². The number of rotatable bonds is 9. The molecule has 2 aliphatic carbocycles. The highest BCUT2D eigenvalue weighted by atomic mass is 32.2. The topological polar surface area (TPSA) is 125 Å². The van der Waals surface area contributed by atoms with Gasteiger partial charge in [0.2, 0.25) is 21.8 Å². The molecule has 2 bridgehead atoms. The molecule has 1 aromatic heterocycles. The fourth-order valence-electron chi connectivity index (χ4n) is 5.52. The Bertz CT molecular complexity index is 1410. The van der Waals surface area contributed by atoms with Gasteiger partial charge in [0.1, 0.15) is 12.4 Å². The van der Waals surface area contributed by atoms with E-state index in [-0.39, 0.29) is 39.5 Å². The monoisotopic (exact) mass is 549 g/mol. The van der Waals surface area contributed by atoms with E-state index in [2.05, 4.69) is 9.97 Å². The number of fused-ring (bicyclic) bond motifs is 2. The number of benzene rings is 1. The molecule has 6 rings (SSSR count). The van der Waals surface area contributed by atoms with Crippen LogP contribution in [0.1, 0.15) is 56.9 Å². The second-order valence-electron chi connectivity index (χ2n) is 10.4. The summed E-state index contributed by atoms with van der Waals surface area (Å²) in [5.41, 5.74) is 0.597. The van der Waals surface area contributed by atoms with Gasteiger partial charge in [-0.25, -0.2) is 26.8 Å². The summed E-state index contributed by atoms with van der Waals surface area (Å²) >= 11 is 0. The molecule has 4 fully saturated rings. The van der Waals surface area contributed by atoms with Crippen molar-refractivity contribution in [2.45, 2.75) is 91.9 Å². The number of hydrogen-bond acceptors (Lipinski definition) is 9. The molecule has 0 spiro atoms. The fraction of sp³-hybridized carbons (Fsp3) is 0.600. The highest BCUT2D eigenvalue weighted by Crippen LogP contribution is 2.44. The maximum absolute atomic E-state index is 12.9. The molecule has 0 radical (unpaired) electrons. The molecule has 2 saturated carbocycles. The molecule has 2 saturated heterocycles. The van der Waals surface area contributed by atoms with Crippen LogP contribution in [0, 0.1) is 6.92 Å². The van der Waals surface area contributed by atoms with E-state index in [4.69, 9.17) is 14.2 Å². The lowest BCUT2D eigenvalue weighted by Gasteiger charge is -2.37. The first-order valence-electron chi connectivity index (χ1n) is 12.8. The molecule has 3 atom stereocenters. The average molecular weight is 550 g/mol. The highest BCUT2D eigenvalue weighted by molar-refractivity contribution is 7.92. The predicted molar refractivity (Wildman–Crippen MR) is 134 cm³/mol. The number of sulfone groups is 1. The van der Waals surface area contributed by atoms with Crippen molar-refractivity contribution in [3.63, 3.8) is 0 Å². The molecule has 12 heteroatoms. The fourth-order valence-corrected chi connectivity index (χ4v) is 9.48. The maximum Gasteiger partial charge on any atom is 0.229 e. The summed E-state index contributed by atoms with van der Waals surface area (Å²) in [4.78, 5) is 8.78. The summed E-state index contributed by atoms with van der Waals surface area (Å²) in [6.45, 7) is 1.80. The second-order valence-corrected chi connectivity index (χ2v) is 14.8. The molecule has 1 aromatic carbocycles. The van der Waals surface area contributed by atoms with Crippen molar-refractivity contribution in [1.82, 2.24) is 14.3 Å². The Morgan fingerprint density at radius 1 is 0.865 bits per heavy atom. The van der Waals surface area contributed by atoms with Crippen LogP contribution < -0.4 is 14.2 Å². The first-order chi connectivity index (χ1) is 17.7. The number of aromatic nitrogens is 2. The van der Waals surface area contributed by atoms with Gasteiger partial charge in [-0.3, -0.25) is 0 Å². The van der Waals surface area contributed by atoms with E-state index >= 15 is 0 Å². The van der Waals surface area contributed by atoms with E-state index in [0.717, 1.165) is 25.7 Å². The van der Waals surface area contributed by atoms with Gasteiger partial charge >= 0.3 is 0 Å². The van der Waals surface area contributed by atoms with E-state index in [1.54, 1.807) is 17.3 Å². The Morgan fingerprint density at radius 2 is 1.51 bits per heavy atom. The third-order valence-electron chi connectivity index (χ3n) is 7.77. The third kappa shape index (κ3) is 4.57. The molecule has 3 heterocycles. The molecular weight excluding hydrogens is 518 g/mol. The van der Waals surface area contributed by atoms with Crippen LogP contribution in [0.5, 0.6) is 23.3 Å². The summed E-state index contributed by atoms with van der Waals surface area (Å²) in [5, 5.41) is -0.513. The van der Waals surface area contributed by atoms with Gasteiger partial charge in [-0.2, -0.15) is 4.31 Å². The Morgan fingerprint density at radius 3 is 2.14 bits per heavy atom. The zero-order valence-electron chi connectivity index (χ0n) is 20.9. The standard InChI is InChI=1S/C25H31N3O7S2/c1-15-24(34-18-11-16-3-4-17(12-18)28(16)37(31,32)20-7-8-20)26-14-27-25(15)35-22-10-9-21(13-23(22)33-2)36(29,30)19-5-6-19/h9-10,13-14,16-20H,3-8,11-12H2,1-2H3/t16-,17?,18+/m0/s1. The molecule has 2 aromatic rings. The molecule has 4 aliphatic rings. The summed E-state index contributed by atoms with van der Waals surface area (Å²) in [6.07, 6.45) is 7.10. The molecule has 200 valence electrons. The van der Waals surface area contributed by atoms with Gasteiger partial charge in [-0.1, -0.05) is 0 Å². The van der Waals surface area contributed by atoms with Crippen molar-refractivity contribution < 1.29 is 31.0 Å². The van der Waals surface area contributed by atoms with Crippen molar-refractivity contribution in [3.8, 4) is 23.3 Å². The smallest absolute Gasteiger partial charge is 0.229 e. The van der Waals surface area contributed by atoms with Gasteiger partial charge in [-0.15, -0.1) is 0 Å². The van der Waals surface area contributed by atoms with Gasteiger partial charge in [0.05, 0.1) is 28.1 Å². The van der Waals surface area contributed by atoms with Crippen molar-refractivity contribution in [2.75, 3.05) is 7.11 Å². The SMILES string of the molecule is COc1cc(S(=O)(=O)C2CC2)ccc1Oc1ncnc(O[C@H]2CC3CC[C@@H](C2)N3S(=O)(=O)C2CC2)c1C. The molecule has 0 N–H and O–H groups in total. The second kappa shape index (κ2) is 9.09. The minimum absolute atomic E-state index is 0.0260. The zero-order valence-corrected chi connectivity index (χ0v) is 22.5. The number of nitrogens with zero attached hydrogens (tertiary/aromatic N) is 3. The van der Waals surface area contributed by atoms with E-state index < -0.39 is 19.9 Å². The van der Waals surface area contributed by atoms with E-state index in [0.29, 0.717) is 48.6 Å². The zero-order chi connectivity index (χ0) is 25.9. The molecule has 37 heavy (non-hydrogen) atoms. The Kier molecular flexibility index (Phi) is 6.11. The first kappa shape index (κ1) is 24.9. The van der Waals surface area contributed by atoms with E-state index in [1.165, 1.54) is 25.6 Å². The predicted octanol–water partition coefficient (Wildman–Crippen LogP) is 3.39. The van der Waals surface area contributed by atoms with Crippen molar-refractivity contribution in [3.05, 3.63) is 30.1 Å². The Labute approximate surface area is 217 Å². The first-order valence-corrected chi connectivity index (χ1v) is 15.8. The van der Waals surface area contributed by atoms with Crippen LogP contribution >= 0.6 is 0 Å². The van der Waals surface area contributed by atoms with Crippen LogP contribution in [0.15, 0.2) is 29.4 Å². The van der Waals surface area contributed by atoms with Gasteiger partial charge < -0.3 is 14.2 Å². The quantitative estimate of drug-likeness (QED) is 0.463. The largest absolute Gasteiger partial charge is 0.493 e. The van der Waals surface area contributed by atoms with Crippen LogP contribution in [0.2, 0.25) is 0 Å². The van der Waals surface area contributed by atoms with Crippen molar-refractivity contribution >= 4 is 19.9 Å². The summed E-state index contributed by atoms with van der Waals surface area (Å²) in [5.74, 6) is 1.29. The third-order valence-corrected chi connectivity index (χ3v) is 12.5. The number of ether oxygens (including phenoxy) is 3. The molecule has 0 amide bonds. The average Bonchev–Trinajstić information content (AvgIpc) is 3.77. The van der Waals surface area contributed by atoms with Crippen molar-refractivity contribution in [1.29, 1.82) is 0 Å².